The predicted octanol–water partition coefficient (Wildman–Crippen LogP) is 3.88. The lowest BCUT2D eigenvalue weighted by Crippen LogP contribution is -2.21. The molecule has 3 aromatic rings. The minimum atomic E-state index is -0.926. The Morgan fingerprint density at radius 2 is 1.81 bits per heavy atom. The Hall–Kier alpha value is -3.13. The summed E-state index contributed by atoms with van der Waals surface area (Å²) in [5.74, 6) is -2.60. The van der Waals surface area contributed by atoms with Crippen molar-refractivity contribution in [3.63, 3.8) is 0 Å². The molecule has 0 aliphatic rings. The van der Waals surface area contributed by atoms with E-state index < -0.39 is 24.3 Å². The van der Waals surface area contributed by atoms with E-state index in [0.717, 1.165) is 6.07 Å². The second-order valence-electron chi connectivity index (χ2n) is 5.15. The molecule has 1 heterocycles. The number of esters is 1. The van der Waals surface area contributed by atoms with Crippen molar-refractivity contribution in [2.75, 3.05) is 11.9 Å². The van der Waals surface area contributed by atoms with Crippen molar-refractivity contribution >= 4 is 28.3 Å². The summed E-state index contributed by atoms with van der Waals surface area (Å²) in [6, 6.07) is 11.1. The lowest BCUT2D eigenvalue weighted by molar-refractivity contribution is -0.119. The molecule has 26 heavy (non-hydrogen) atoms. The second kappa shape index (κ2) is 7.83. The molecule has 3 rings (SSSR count). The van der Waals surface area contributed by atoms with Gasteiger partial charge >= 0.3 is 5.97 Å². The number of halogens is 2. The summed E-state index contributed by atoms with van der Waals surface area (Å²) >= 11 is 1.17. The summed E-state index contributed by atoms with van der Waals surface area (Å²) in [5, 5.41) is 4.49. The van der Waals surface area contributed by atoms with Crippen LogP contribution in [0, 0.1) is 11.6 Å². The van der Waals surface area contributed by atoms with Crippen LogP contribution < -0.4 is 5.32 Å². The molecule has 0 fully saturated rings. The van der Waals surface area contributed by atoms with Gasteiger partial charge in [-0.3, -0.25) is 10.1 Å². The third kappa shape index (κ3) is 4.28. The number of amides is 1. The number of hydrogen-bond donors (Lipinski definition) is 1. The van der Waals surface area contributed by atoms with E-state index in [1.165, 1.54) is 41.7 Å². The molecule has 132 valence electrons. The van der Waals surface area contributed by atoms with Gasteiger partial charge in [0.15, 0.2) is 11.7 Å². The third-order valence-electron chi connectivity index (χ3n) is 3.32. The first-order valence-electron chi connectivity index (χ1n) is 7.46. The van der Waals surface area contributed by atoms with Gasteiger partial charge in [-0.05, 0) is 36.4 Å². The maximum absolute atomic E-state index is 13.5. The van der Waals surface area contributed by atoms with Gasteiger partial charge in [0, 0.05) is 10.9 Å². The first-order chi connectivity index (χ1) is 12.5. The monoisotopic (exact) mass is 374 g/mol. The molecule has 0 unspecified atom stereocenters. The third-order valence-corrected chi connectivity index (χ3v) is 4.08. The van der Waals surface area contributed by atoms with E-state index in [0.29, 0.717) is 16.4 Å². The number of carbonyl (C=O) groups excluding carboxylic acids is 2. The Bertz CT molecular complexity index is 942. The minimum Gasteiger partial charge on any atom is -0.452 e. The summed E-state index contributed by atoms with van der Waals surface area (Å²) in [6.07, 6.45) is 0. The number of aromatic nitrogens is 1. The van der Waals surface area contributed by atoms with Gasteiger partial charge in [0.25, 0.3) is 5.91 Å². The quantitative estimate of drug-likeness (QED) is 0.688. The fourth-order valence-electron chi connectivity index (χ4n) is 2.08. The molecule has 0 aliphatic heterocycles. The van der Waals surface area contributed by atoms with Crippen LogP contribution in [0.25, 0.3) is 11.3 Å². The Labute approximate surface area is 151 Å². The Balaban J connectivity index is 1.56. The molecule has 5 nitrogen and oxygen atoms in total. The van der Waals surface area contributed by atoms with Crippen molar-refractivity contribution < 1.29 is 23.1 Å². The van der Waals surface area contributed by atoms with E-state index in [-0.39, 0.29) is 11.4 Å². The van der Waals surface area contributed by atoms with E-state index in [2.05, 4.69) is 10.3 Å². The van der Waals surface area contributed by atoms with E-state index >= 15 is 0 Å². The number of carbonyl (C=O) groups is 2. The lowest BCUT2D eigenvalue weighted by atomic mass is 10.2. The first kappa shape index (κ1) is 17.7. The summed E-state index contributed by atoms with van der Waals surface area (Å²) < 4.78 is 31.2. The average Bonchev–Trinajstić information content (AvgIpc) is 3.09. The van der Waals surface area contributed by atoms with Gasteiger partial charge in [-0.2, -0.15) is 0 Å². The number of benzene rings is 2. The highest BCUT2D eigenvalue weighted by Gasteiger charge is 2.15. The summed E-state index contributed by atoms with van der Waals surface area (Å²) in [4.78, 5) is 27.8. The summed E-state index contributed by atoms with van der Waals surface area (Å²) in [5.41, 5.74) is 1.04. The van der Waals surface area contributed by atoms with Crippen LogP contribution in [0.4, 0.5) is 13.9 Å². The molecule has 0 atom stereocenters. The maximum Gasteiger partial charge on any atom is 0.341 e. The minimum absolute atomic E-state index is 0.242. The van der Waals surface area contributed by atoms with Gasteiger partial charge in [-0.1, -0.05) is 12.1 Å². The Kier molecular flexibility index (Phi) is 5.33. The molecule has 1 amide bonds. The van der Waals surface area contributed by atoms with Crippen molar-refractivity contribution in [3.8, 4) is 11.3 Å². The van der Waals surface area contributed by atoms with Gasteiger partial charge in [-0.25, -0.2) is 18.6 Å². The number of nitrogens with zero attached hydrogens (tertiary/aromatic N) is 1. The number of ether oxygens (including phenoxy) is 1. The van der Waals surface area contributed by atoms with Gasteiger partial charge in [0.2, 0.25) is 0 Å². The highest BCUT2D eigenvalue weighted by atomic mass is 32.1. The zero-order chi connectivity index (χ0) is 18.5. The highest BCUT2D eigenvalue weighted by Crippen LogP contribution is 2.25. The van der Waals surface area contributed by atoms with Gasteiger partial charge < -0.3 is 4.74 Å². The molecular formula is C18H12F2N2O3S. The molecule has 8 heteroatoms. The normalized spacial score (nSPS) is 10.4. The summed E-state index contributed by atoms with van der Waals surface area (Å²) in [7, 11) is 0. The molecule has 0 saturated heterocycles. The number of rotatable bonds is 5. The Morgan fingerprint density at radius 1 is 1.08 bits per heavy atom. The largest absolute Gasteiger partial charge is 0.452 e. The Morgan fingerprint density at radius 3 is 2.54 bits per heavy atom. The van der Waals surface area contributed by atoms with Crippen LogP contribution >= 0.6 is 11.3 Å². The number of thiazole rings is 1. The van der Waals surface area contributed by atoms with Crippen LogP contribution in [0.15, 0.2) is 53.9 Å². The van der Waals surface area contributed by atoms with Crippen LogP contribution in [-0.4, -0.2) is 23.5 Å². The van der Waals surface area contributed by atoms with Crippen molar-refractivity contribution in [1.29, 1.82) is 0 Å². The van der Waals surface area contributed by atoms with Crippen LogP contribution in [0.5, 0.6) is 0 Å². The topological polar surface area (TPSA) is 68.3 Å². The molecule has 2 aromatic carbocycles. The van der Waals surface area contributed by atoms with Gasteiger partial charge in [-0.15, -0.1) is 11.3 Å². The highest BCUT2D eigenvalue weighted by molar-refractivity contribution is 7.14. The van der Waals surface area contributed by atoms with Crippen LogP contribution in [0.1, 0.15) is 10.4 Å². The first-order valence-corrected chi connectivity index (χ1v) is 8.34. The zero-order valence-corrected chi connectivity index (χ0v) is 14.1. The summed E-state index contributed by atoms with van der Waals surface area (Å²) in [6.45, 7) is -0.571. The van der Waals surface area contributed by atoms with Crippen LogP contribution in [0.2, 0.25) is 0 Å². The molecule has 1 aromatic heterocycles. The fraction of sp³-hybridized carbons (Fsp3) is 0.0556. The van der Waals surface area contributed by atoms with Gasteiger partial charge in [0.1, 0.15) is 11.6 Å². The lowest BCUT2D eigenvalue weighted by Gasteiger charge is -2.05. The number of nitrogens with one attached hydrogen (secondary N) is 1. The molecule has 0 radical (unpaired) electrons. The van der Waals surface area contributed by atoms with E-state index in [9.17, 15) is 18.4 Å². The zero-order valence-electron chi connectivity index (χ0n) is 13.2. The SMILES string of the molecule is O=C(COC(=O)c1ccccc1F)Nc1nc(-c2ccc(F)cc2)cs1. The second-order valence-corrected chi connectivity index (χ2v) is 6.01. The van der Waals surface area contributed by atoms with Crippen molar-refractivity contribution in [3.05, 3.63) is 71.1 Å². The van der Waals surface area contributed by atoms with Gasteiger partial charge in [0.05, 0.1) is 11.3 Å². The van der Waals surface area contributed by atoms with Crippen molar-refractivity contribution in [2.45, 2.75) is 0 Å². The van der Waals surface area contributed by atoms with Crippen LogP contribution in [0.3, 0.4) is 0 Å². The van der Waals surface area contributed by atoms with Crippen molar-refractivity contribution in [1.82, 2.24) is 4.98 Å². The standard InChI is InChI=1S/C18H12F2N2O3S/c19-12-7-5-11(6-8-12)15-10-26-18(21-15)22-16(23)9-25-17(24)13-3-1-2-4-14(13)20/h1-8,10H,9H2,(H,21,22,23). The van der Waals surface area contributed by atoms with E-state index in [1.807, 2.05) is 0 Å². The average molecular weight is 374 g/mol. The number of hydrogen-bond acceptors (Lipinski definition) is 5. The molecule has 0 aliphatic carbocycles. The van der Waals surface area contributed by atoms with Crippen molar-refractivity contribution in [2.24, 2.45) is 0 Å². The predicted molar refractivity (Wildman–Crippen MR) is 92.8 cm³/mol. The smallest absolute Gasteiger partial charge is 0.341 e. The molecule has 0 spiro atoms. The maximum atomic E-state index is 13.5. The molecule has 1 N–H and O–H groups in total. The molecule has 0 bridgehead atoms. The van der Waals surface area contributed by atoms with Crippen LogP contribution in [-0.2, 0) is 9.53 Å². The fourth-order valence-corrected chi connectivity index (χ4v) is 2.81. The van der Waals surface area contributed by atoms with E-state index in [1.54, 1.807) is 17.5 Å². The molecule has 0 saturated carbocycles. The number of anilines is 1. The van der Waals surface area contributed by atoms with E-state index in [4.69, 9.17) is 4.74 Å². The molecular weight excluding hydrogens is 362 g/mol.